The van der Waals surface area contributed by atoms with E-state index in [1.807, 2.05) is 31.0 Å². The highest BCUT2D eigenvalue weighted by atomic mass is 16.5. The van der Waals surface area contributed by atoms with Gasteiger partial charge in [0.1, 0.15) is 0 Å². The van der Waals surface area contributed by atoms with Crippen molar-refractivity contribution < 1.29 is 9.53 Å². The van der Waals surface area contributed by atoms with Gasteiger partial charge in [0.25, 0.3) is 0 Å². The Morgan fingerprint density at radius 2 is 2.18 bits per heavy atom. The van der Waals surface area contributed by atoms with E-state index in [-0.39, 0.29) is 18.2 Å². The number of rotatable bonds is 5. The van der Waals surface area contributed by atoms with Crippen molar-refractivity contribution in [2.45, 2.75) is 45.3 Å². The molecule has 2 amide bonds. The van der Waals surface area contributed by atoms with E-state index < -0.39 is 0 Å². The van der Waals surface area contributed by atoms with Crippen LogP contribution in [-0.2, 0) is 11.2 Å². The van der Waals surface area contributed by atoms with Crippen molar-refractivity contribution in [2.75, 3.05) is 20.2 Å². The number of nitrogens with zero attached hydrogens (tertiary/aromatic N) is 2. The maximum atomic E-state index is 12.2. The summed E-state index contributed by atoms with van der Waals surface area (Å²) in [5, 5.41) is 3.02. The van der Waals surface area contributed by atoms with Gasteiger partial charge in [-0.3, -0.25) is 4.98 Å². The predicted octanol–water partition coefficient (Wildman–Crippen LogP) is 2.47. The number of urea groups is 1. The minimum atomic E-state index is 0.0191. The van der Waals surface area contributed by atoms with Gasteiger partial charge < -0.3 is 15.0 Å². The zero-order chi connectivity index (χ0) is 15.9. The Balaban J connectivity index is 1.76. The van der Waals surface area contributed by atoms with E-state index in [1.54, 1.807) is 13.3 Å². The van der Waals surface area contributed by atoms with Crippen LogP contribution in [0.15, 0.2) is 24.5 Å². The van der Waals surface area contributed by atoms with Crippen molar-refractivity contribution in [3.63, 3.8) is 0 Å². The maximum absolute atomic E-state index is 12.2. The van der Waals surface area contributed by atoms with Gasteiger partial charge >= 0.3 is 6.03 Å². The standard InChI is InChI=1S/C17H27N3O2/c1-13(14(2)22-3)19-17(21)20-9-6-15(7-10-20)11-16-5-4-8-18-12-16/h4-5,8,12-15H,6-7,9-11H2,1-3H3,(H,19,21)/t13-,14-/m0/s1. The third kappa shape index (κ3) is 4.70. The molecule has 1 aromatic rings. The normalized spacial score (nSPS) is 18.8. The smallest absolute Gasteiger partial charge is 0.317 e. The zero-order valence-corrected chi connectivity index (χ0v) is 13.8. The first-order chi connectivity index (χ1) is 10.6. The predicted molar refractivity (Wildman–Crippen MR) is 86.7 cm³/mol. The monoisotopic (exact) mass is 305 g/mol. The third-order valence-electron chi connectivity index (χ3n) is 4.58. The Hall–Kier alpha value is -1.62. The summed E-state index contributed by atoms with van der Waals surface area (Å²) in [5.41, 5.74) is 1.29. The molecule has 1 N–H and O–H groups in total. The highest BCUT2D eigenvalue weighted by Gasteiger charge is 2.24. The Morgan fingerprint density at radius 3 is 2.77 bits per heavy atom. The highest BCUT2D eigenvalue weighted by molar-refractivity contribution is 5.74. The van der Waals surface area contributed by atoms with E-state index in [4.69, 9.17) is 4.74 Å². The summed E-state index contributed by atoms with van der Waals surface area (Å²) in [6.45, 7) is 5.59. The molecule has 1 aliphatic rings. The molecule has 0 unspecified atom stereocenters. The van der Waals surface area contributed by atoms with Gasteiger partial charge in [0, 0.05) is 32.6 Å². The molecule has 1 aromatic heterocycles. The summed E-state index contributed by atoms with van der Waals surface area (Å²) in [5.74, 6) is 0.642. The fourth-order valence-electron chi connectivity index (χ4n) is 2.80. The number of likely N-dealkylation sites (tertiary alicyclic amines) is 1. The van der Waals surface area contributed by atoms with Crippen molar-refractivity contribution in [1.29, 1.82) is 0 Å². The molecule has 0 radical (unpaired) electrons. The number of methoxy groups -OCH3 is 1. The van der Waals surface area contributed by atoms with Gasteiger partial charge in [-0.1, -0.05) is 6.07 Å². The van der Waals surface area contributed by atoms with E-state index in [0.29, 0.717) is 5.92 Å². The second-order valence-corrected chi connectivity index (χ2v) is 6.17. The van der Waals surface area contributed by atoms with Crippen molar-refractivity contribution in [3.05, 3.63) is 30.1 Å². The average molecular weight is 305 g/mol. The van der Waals surface area contributed by atoms with Crippen molar-refractivity contribution in [3.8, 4) is 0 Å². The summed E-state index contributed by atoms with van der Waals surface area (Å²) in [6.07, 6.45) is 6.92. The molecule has 0 aromatic carbocycles. The molecule has 2 heterocycles. The van der Waals surface area contributed by atoms with Crippen molar-refractivity contribution >= 4 is 6.03 Å². The van der Waals surface area contributed by atoms with Crippen LogP contribution in [0.1, 0.15) is 32.3 Å². The molecular formula is C17H27N3O2. The summed E-state index contributed by atoms with van der Waals surface area (Å²) in [4.78, 5) is 18.3. The highest BCUT2D eigenvalue weighted by Crippen LogP contribution is 2.21. The molecular weight excluding hydrogens is 278 g/mol. The van der Waals surface area contributed by atoms with E-state index in [0.717, 1.165) is 32.4 Å². The number of aromatic nitrogens is 1. The molecule has 1 fully saturated rings. The second kappa shape index (κ2) is 8.13. The first kappa shape index (κ1) is 16.7. The molecule has 22 heavy (non-hydrogen) atoms. The minimum Gasteiger partial charge on any atom is -0.380 e. The van der Waals surface area contributed by atoms with E-state index in [2.05, 4.69) is 16.4 Å². The van der Waals surface area contributed by atoms with Gasteiger partial charge in [0.15, 0.2) is 0 Å². The Bertz CT molecular complexity index is 458. The number of pyridine rings is 1. The fraction of sp³-hybridized carbons (Fsp3) is 0.647. The first-order valence-corrected chi connectivity index (χ1v) is 8.07. The molecule has 1 aliphatic heterocycles. The van der Waals surface area contributed by atoms with Crippen LogP contribution < -0.4 is 5.32 Å². The molecule has 1 saturated heterocycles. The lowest BCUT2D eigenvalue weighted by Crippen LogP contribution is -2.50. The number of hydrogen-bond donors (Lipinski definition) is 1. The molecule has 2 atom stereocenters. The van der Waals surface area contributed by atoms with E-state index >= 15 is 0 Å². The topological polar surface area (TPSA) is 54.5 Å². The van der Waals surface area contributed by atoms with Crippen LogP contribution >= 0.6 is 0 Å². The van der Waals surface area contributed by atoms with Crippen LogP contribution in [0.5, 0.6) is 0 Å². The fourth-order valence-corrected chi connectivity index (χ4v) is 2.80. The van der Waals surface area contributed by atoms with E-state index in [9.17, 15) is 4.79 Å². The summed E-state index contributed by atoms with van der Waals surface area (Å²) in [6, 6.07) is 4.15. The summed E-state index contributed by atoms with van der Waals surface area (Å²) < 4.78 is 5.24. The minimum absolute atomic E-state index is 0.0191. The van der Waals surface area contributed by atoms with Gasteiger partial charge in [-0.15, -0.1) is 0 Å². The second-order valence-electron chi connectivity index (χ2n) is 6.17. The number of hydrogen-bond acceptors (Lipinski definition) is 3. The largest absolute Gasteiger partial charge is 0.380 e. The lowest BCUT2D eigenvalue weighted by Gasteiger charge is -2.33. The number of ether oxygens (including phenoxy) is 1. The number of piperidine rings is 1. The summed E-state index contributed by atoms with van der Waals surface area (Å²) in [7, 11) is 1.66. The lowest BCUT2D eigenvalue weighted by molar-refractivity contribution is 0.0864. The van der Waals surface area contributed by atoms with E-state index in [1.165, 1.54) is 5.56 Å². The van der Waals surface area contributed by atoms with Gasteiger partial charge in [-0.2, -0.15) is 0 Å². The first-order valence-electron chi connectivity index (χ1n) is 8.07. The molecule has 0 saturated carbocycles. The van der Waals surface area contributed by atoms with Crippen molar-refractivity contribution in [2.24, 2.45) is 5.92 Å². The van der Waals surface area contributed by atoms with Gasteiger partial charge in [0.05, 0.1) is 12.1 Å². The number of carbonyl (C=O) groups is 1. The van der Waals surface area contributed by atoms with Crippen LogP contribution in [0.2, 0.25) is 0 Å². The number of amides is 2. The lowest BCUT2D eigenvalue weighted by atomic mass is 9.91. The molecule has 0 spiro atoms. The Labute approximate surface area is 133 Å². The Morgan fingerprint density at radius 1 is 1.45 bits per heavy atom. The van der Waals surface area contributed by atoms with Crippen LogP contribution in [0.4, 0.5) is 4.79 Å². The third-order valence-corrected chi connectivity index (χ3v) is 4.58. The van der Waals surface area contributed by atoms with Crippen LogP contribution in [0.25, 0.3) is 0 Å². The van der Waals surface area contributed by atoms with Gasteiger partial charge in [-0.25, -0.2) is 4.79 Å². The van der Waals surface area contributed by atoms with Crippen LogP contribution in [-0.4, -0.2) is 48.3 Å². The molecule has 5 nitrogen and oxygen atoms in total. The quantitative estimate of drug-likeness (QED) is 0.909. The molecule has 122 valence electrons. The number of nitrogens with one attached hydrogen (secondary N) is 1. The average Bonchev–Trinajstić information content (AvgIpc) is 2.55. The SMILES string of the molecule is CO[C@@H](C)[C@H](C)NC(=O)N1CCC(Cc2cccnc2)CC1. The Kier molecular flexibility index (Phi) is 6.19. The molecule has 5 heteroatoms. The van der Waals surface area contributed by atoms with Crippen LogP contribution in [0, 0.1) is 5.92 Å². The number of carbonyl (C=O) groups excluding carboxylic acids is 1. The zero-order valence-electron chi connectivity index (χ0n) is 13.8. The van der Waals surface area contributed by atoms with Crippen LogP contribution in [0.3, 0.4) is 0 Å². The molecule has 0 aliphatic carbocycles. The van der Waals surface area contributed by atoms with Gasteiger partial charge in [-0.05, 0) is 50.7 Å². The van der Waals surface area contributed by atoms with Gasteiger partial charge in [0.2, 0.25) is 0 Å². The van der Waals surface area contributed by atoms with Crippen molar-refractivity contribution in [1.82, 2.24) is 15.2 Å². The molecule has 0 bridgehead atoms. The maximum Gasteiger partial charge on any atom is 0.317 e. The molecule has 2 rings (SSSR count). The summed E-state index contributed by atoms with van der Waals surface area (Å²) >= 11 is 0.